The molecule has 6 nitrogen and oxygen atoms in total. The van der Waals surface area contributed by atoms with Crippen molar-refractivity contribution in [3.63, 3.8) is 0 Å². The predicted molar refractivity (Wildman–Crippen MR) is 72.6 cm³/mol. The van der Waals surface area contributed by atoms with E-state index in [1.165, 1.54) is 24.6 Å². The molecule has 18 heavy (non-hydrogen) atoms. The number of carbonyl (C=O) groups is 1. The van der Waals surface area contributed by atoms with Crippen molar-refractivity contribution in [2.24, 2.45) is 13.0 Å². The van der Waals surface area contributed by atoms with E-state index in [1.807, 2.05) is 0 Å². The van der Waals surface area contributed by atoms with Gasteiger partial charge in [0.15, 0.2) is 0 Å². The van der Waals surface area contributed by atoms with Crippen molar-refractivity contribution in [2.45, 2.75) is 18.0 Å². The Morgan fingerprint density at radius 1 is 1.56 bits per heavy atom. The monoisotopic (exact) mass is 287 g/mol. The van der Waals surface area contributed by atoms with Crippen LogP contribution in [0, 0.1) is 5.92 Å². The minimum absolute atomic E-state index is 0.123. The highest BCUT2D eigenvalue weighted by Gasteiger charge is 2.21. The molecule has 0 atom stereocenters. The molecule has 0 radical (unpaired) electrons. The Balaban J connectivity index is 1.49. The second kappa shape index (κ2) is 6.98. The maximum atomic E-state index is 11.5. The number of rotatable bonds is 8. The quantitative estimate of drug-likeness (QED) is 0.556. The largest absolute Gasteiger partial charge is 0.355 e. The lowest BCUT2D eigenvalue weighted by Gasteiger charge is -2.04. The van der Waals surface area contributed by atoms with Gasteiger partial charge in [-0.05, 0) is 34.9 Å². The van der Waals surface area contributed by atoms with E-state index in [4.69, 9.17) is 0 Å². The Hall–Kier alpha value is -0.760. The summed E-state index contributed by atoms with van der Waals surface area (Å²) in [4.78, 5) is 11.5. The van der Waals surface area contributed by atoms with Gasteiger partial charge in [-0.15, -0.1) is 5.10 Å². The van der Waals surface area contributed by atoms with Crippen molar-refractivity contribution in [3.05, 3.63) is 0 Å². The summed E-state index contributed by atoms with van der Waals surface area (Å²) < 4.78 is 1.62. The smallest absolute Gasteiger partial charge is 0.230 e. The molecule has 1 aromatic heterocycles. The molecule has 0 saturated heterocycles. The first-order valence-electron chi connectivity index (χ1n) is 5.95. The molecule has 1 heterocycles. The summed E-state index contributed by atoms with van der Waals surface area (Å²) >= 11 is 3.27. The molecule has 8 heteroatoms. The van der Waals surface area contributed by atoms with Crippen molar-refractivity contribution in [1.29, 1.82) is 0 Å². The molecular weight excluding hydrogens is 270 g/mol. The number of thioether (sulfide) groups is 2. The van der Waals surface area contributed by atoms with Gasteiger partial charge in [0.2, 0.25) is 11.1 Å². The van der Waals surface area contributed by atoms with E-state index in [2.05, 4.69) is 20.8 Å². The molecule has 0 aromatic carbocycles. The Morgan fingerprint density at radius 2 is 2.39 bits per heavy atom. The van der Waals surface area contributed by atoms with Gasteiger partial charge in [0.1, 0.15) is 0 Å². The van der Waals surface area contributed by atoms with Crippen LogP contribution in [0.5, 0.6) is 0 Å². The number of carbonyl (C=O) groups excluding carboxylic acids is 1. The molecule has 1 N–H and O–H groups in total. The van der Waals surface area contributed by atoms with Crippen LogP contribution in [0.15, 0.2) is 5.16 Å². The predicted octanol–water partition coefficient (Wildman–Crippen LogP) is 0.562. The average Bonchev–Trinajstić information content (AvgIpc) is 3.08. The normalized spacial score (nSPS) is 14.7. The van der Waals surface area contributed by atoms with Crippen LogP contribution in [-0.2, 0) is 11.8 Å². The van der Waals surface area contributed by atoms with Crippen LogP contribution in [0.3, 0.4) is 0 Å². The topological polar surface area (TPSA) is 72.7 Å². The number of aromatic nitrogens is 4. The van der Waals surface area contributed by atoms with Gasteiger partial charge in [-0.1, -0.05) is 11.8 Å². The van der Waals surface area contributed by atoms with Crippen LogP contribution < -0.4 is 5.32 Å². The second-order valence-electron chi connectivity index (χ2n) is 4.24. The maximum absolute atomic E-state index is 11.5. The van der Waals surface area contributed by atoms with Crippen LogP contribution >= 0.6 is 23.5 Å². The van der Waals surface area contributed by atoms with E-state index >= 15 is 0 Å². The highest BCUT2D eigenvalue weighted by Crippen LogP contribution is 2.32. The molecule has 1 aliphatic carbocycles. The van der Waals surface area contributed by atoms with Gasteiger partial charge in [-0.3, -0.25) is 4.79 Å². The van der Waals surface area contributed by atoms with E-state index in [0.717, 1.165) is 22.6 Å². The number of hydrogen-bond donors (Lipinski definition) is 1. The van der Waals surface area contributed by atoms with Gasteiger partial charge in [0.25, 0.3) is 0 Å². The Kier molecular flexibility index (Phi) is 5.30. The van der Waals surface area contributed by atoms with Gasteiger partial charge < -0.3 is 5.32 Å². The van der Waals surface area contributed by atoms with Gasteiger partial charge >= 0.3 is 0 Å². The standard InChI is InChI=1S/C10H17N5OS2/c1-15-10(12-13-14-15)18-5-4-11-9(16)7-17-6-8-2-3-8/h8H,2-7H2,1H3,(H,11,16). The summed E-state index contributed by atoms with van der Waals surface area (Å²) in [5.41, 5.74) is 0. The second-order valence-corrected chi connectivity index (χ2v) is 6.33. The molecule has 0 bridgehead atoms. The molecule has 1 saturated carbocycles. The van der Waals surface area contributed by atoms with E-state index in [-0.39, 0.29) is 5.91 Å². The zero-order chi connectivity index (χ0) is 12.8. The number of tetrazole rings is 1. The number of nitrogens with one attached hydrogen (secondary N) is 1. The lowest BCUT2D eigenvalue weighted by molar-refractivity contribution is -0.118. The van der Waals surface area contributed by atoms with Crippen molar-refractivity contribution in [3.8, 4) is 0 Å². The van der Waals surface area contributed by atoms with Crippen LogP contribution in [-0.4, -0.2) is 49.9 Å². The van der Waals surface area contributed by atoms with Gasteiger partial charge in [-0.25, -0.2) is 4.68 Å². The minimum atomic E-state index is 0.123. The third-order valence-corrected chi connectivity index (χ3v) is 4.71. The SMILES string of the molecule is Cn1nnnc1SCCNC(=O)CSCC1CC1. The third-order valence-electron chi connectivity index (χ3n) is 2.52. The van der Waals surface area contributed by atoms with E-state index in [0.29, 0.717) is 12.3 Å². The number of amides is 1. The third kappa shape index (κ3) is 4.85. The molecule has 1 aliphatic rings. The molecular formula is C10H17N5OS2. The summed E-state index contributed by atoms with van der Waals surface area (Å²) in [6, 6.07) is 0. The fourth-order valence-electron chi connectivity index (χ4n) is 1.33. The molecule has 1 aromatic rings. The van der Waals surface area contributed by atoms with Crippen LogP contribution in [0.2, 0.25) is 0 Å². The first kappa shape index (κ1) is 13.7. The molecule has 100 valence electrons. The zero-order valence-corrected chi connectivity index (χ0v) is 12.0. The first-order valence-corrected chi connectivity index (χ1v) is 8.09. The van der Waals surface area contributed by atoms with Crippen LogP contribution in [0.4, 0.5) is 0 Å². The van der Waals surface area contributed by atoms with Gasteiger partial charge in [0.05, 0.1) is 5.75 Å². The van der Waals surface area contributed by atoms with E-state index in [1.54, 1.807) is 23.5 Å². The fourth-order valence-corrected chi connectivity index (χ4v) is 3.11. The van der Waals surface area contributed by atoms with E-state index in [9.17, 15) is 4.79 Å². The van der Waals surface area contributed by atoms with Crippen molar-refractivity contribution in [2.75, 3.05) is 23.8 Å². The summed E-state index contributed by atoms with van der Waals surface area (Å²) in [5, 5.41) is 14.8. The van der Waals surface area contributed by atoms with Crippen molar-refractivity contribution in [1.82, 2.24) is 25.5 Å². The summed E-state index contributed by atoms with van der Waals surface area (Å²) in [6.45, 7) is 0.653. The molecule has 0 unspecified atom stereocenters. The van der Waals surface area contributed by atoms with Crippen LogP contribution in [0.25, 0.3) is 0 Å². The Labute approximate surface area is 115 Å². The number of aryl methyl sites for hydroxylation is 1. The zero-order valence-electron chi connectivity index (χ0n) is 10.3. The molecule has 1 fully saturated rings. The van der Waals surface area contributed by atoms with Gasteiger partial charge in [0, 0.05) is 19.3 Å². The Morgan fingerprint density at radius 3 is 3.06 bits per heavy atom. The fraction of sp³-hybridized carbons (Fsp3) is 0.800. The molecule has 0 spiro atoms. The summed E-state index contributed by atoms with van der Waals surface area (Å²) in [6.07, 6.45) is 2.69. The highest BCUT2D eigenvalue weighted by molar-refractivity contribution is 8.00. The molecule has 1 amide bonds. The number of nitrogens with zero attached hydrogens (tertiary/aromatic N) is 4. The lowest BCUT2D eigenvalue weighted by atomic mass is 10.5. The Bertz CT molecular complexity index is 393. The van der Waals surface area contributed by atoms with Crippen LogP contribution in [0.1, 0.15) is 12.8 Å². The number of hydrogen-bond acceptors (Lipinski definition) is 6. The van der Waals surface area contributed by atoms with Crippen molar-refractivity contribution >= 4 is 29.4 Å². The first-order chi connectivity index (χ1) is 8.75. The van der Waals surface area contributed by atoms with Gasteiger partial charge in [-0.2, -0.15) is 11.8 Å². The maximum Gasteiger partial charge on any atom is 0.230 e. The summed E-state index contributed by atoms with van der Waals surface area (Å²) in [7, 11) is 1.80. The van der Waals surface area contributed by atoms with Crippen molar-refractivity contribution < 1.29 is 4.79 Å². The highest BCUT2D eigenvalue weighted by atomic mass is 32.2. The molecule has 0 aliphatic heterocycles. The average molecular weight is 287 g/mol. The van der Waals surface area contributed by atoms with E-state index < -0.39 is 0 Å². The minimum Gasteiger partial charge on any atom is -0.355 e. The molecule has 2 rings (SSSR count). The summed E-state index contributed by atoms with van der Waals surface area (Å²) in [5.74, 6) is 3.49. The lowest BCUT2D eigenvalue weighted by Crippen LogP contribution is -2.27.